The van der Waals surface area contributed by atoms with Crippen LogP contribution in [0.3, 0.4) is 0 Å². The topological polar surface area (TPSA) is 46.3 Å². The molecular formula is C17H17F3N2O2. The first-order valence-electron chi connectivity index (χ1n) is 7.76. The largest absolute Gasteiger partial charge is 0.416 e. The van der Waals surface area contributed by atoms with Crippen molar-refractivity contribution in [3.8, 4) is 0 Å². The van der Waals surface area contributed by atoms with E-state index < -0.39 is 11.7 Å². The summed E-state index contributed by atoms with van der Waals surface area (Å²) in [4.78, 5) is 14.7. The number of hydrogen-bond donors (Lipinski definition) is 0. The molecule has 1 unspecified atom stereocenters. The molecule has 0 spiro atoms. The van der Waals surface area contributed by atoms with Crippen LogP contribution in [0.15, 0.2) is 41.1 Å². The van der Waals surface area contributed by atoms with Gasteiger partial charge in [-0.2, -0.15) is 13.2 Å². The van der Waals surface area contributed by atoms with Crippen LogP contribution in [-0.4, -0.2) is 28.9 Å². The van der Waals surface area contributed by atoms with Gasteiger partial charge in [0.1, 0.15) is 6.26 Å². The zero-order chi connectivity index (χ0) is 17.2. The SMILES string of the molecule is O=C(c1cccc(C(F)(F)F)c1)C1CCCN(Cc2ccon2)C1. The number of Topliss-reactive ketones (excluding diaryl/α,β-unsaturated/α-hetero) is 1. The Morgan fingerprint density at radius 3 is 2.88 bits per heavy atom. The Balaban J connectivity index is 1.70. The first kappa shape index (κ1) is 16.7. The molecule has 1 fully saturated rings. The second kappa shape index (κ2) is 6.76. The number of aromatic nitrogens is 1. The van der Waals surface area contributed by atoms with Gasteiger partial charge in [0.2, 0.25) is 0 Å². The number of benzene rings is 1. The van der Waals surface area contributed by atoms with Gasteiger partial charge >= 0.3 is 6.18 Å². The zero-order valence-electron chi connectivity index (χ0n) is 12.9. The van der Waals surface area contributed by atoms with Gasteiger partial charge in [0.05, 0.1) is 11.3 Å². The average molecular weight is 338 g/mol. The van der Waals surface area contributed by atoms with Gasteiger partial charge in [-0.25, -0.2) is 0 Å². The molecule has 128 valence electrons. The Bertz CT molecular complexity index is 698. The number of carbonyl (C=O) groups is 1. The van der Waals surface area contributed by atoms with E-state index in [0.29, 0.717) is 19.5 Å². The first-order valence-corrected chi connectivity index (χ1v) is 7.76. The van der Waals surface area contributed by atoms with Crippen molar-refractivity contribution in [2.24, 2.45) is 5.92 Å². The maximum absolute atomic E-state index is 12.8. The second-order valence-corrected chi connectivity index (χ2v) is 6.01. The highest BCUT2D eigenvalue weighted by molar-refractivity contribution is 5.98. The van der Waals surface area contributed by atoms with Gasteiger partial charge in [0, 0.05) is 30.6 Å². The van der Waals surface area contributed by atoms with Gasteiger partial charge < -0.3 is 4.52 Å². The lowest BCUT2D eigenvalue weighted by molar-refractivity contribution is -0.137. The predicted molar refractivity (Wildman–Crippen MR) is 80.3 cm³/mol. The number of alkyl halides is 3. The lowest BCUT2D eigenvalue weighted by atomic mass is 9.89. The van der Waals surface area contributed by atoms with E-state index in [1.54, 1.807) is 6.07 Å². The highest BCUT2D eigenvalue weighted by Gasteiger charge is 2.32. The molecule has 3 rings (SSSR count). The normalized spacial score (nSPS) is 19.4. The maximum Gasteiger partial charge on any atom is 0.416 e. The molecule has 1 aromatic carbocycles. The summed E-state index contributed by atoms with van der Waals surface area (Å²) in [5.41, 5.74) is 0.115. The van der Waals surface area contributed by atoms with E-state index in [0.717, 1.165) is 30.8 Å². The van der Waals surface area contributed by atoms with E-state index in [1.165, 1.54) is 18.4 Å². The van der Waals surface area contributed by atoms with E-state index >= 15 is 0 Å². The summed E-state index contributed by atoms with van der Waals surface area (Å²) in [6, 6.07) is 6.42. The van der Waals surface area contributed by atoms with Crippen molar-refractivity contribution in [3.63, 3.8) is 0 Å². The summed E-state index contributed by atoms with van der Waals surface area (Å²) in [7, 11) is 0. The summed E-state index contributed by atoms with van der Waals surface area (Å²) >= 11 is 0. The van der Waals surface area contributed by atoms with Gasteiger partial charge in [0.25, 0.3) is 0 Å². The van der Waals surface area contributed by atoms with Crippen LogP contribution in [0.25, 0.3) is 0 Å². The molecule has 24 heavy (non-hydrogen) atoms. The molecule has 7 heteroatoms. The minimum Gasteiger partial charge on any atom is -0.364 e. The Labute approximate surface area is 137 Å². The number of hydrogen-bond acceptors (Lipinski definition) is 4. The quantitative estimate of drug-likeness (QED) is 0.796. The van der Waals surface area contributed by atoms with Gasteiger partial charge in [-0.3, -0.25) is 9.69 Å². The lowest BCUT2D eigenvalue weighted by Gasteiger charge is -2.31. The van der Waals surface area contributed by atoms with Crippen molar-refractivity contribution in [3.05, 3.63) is 53.4 Å². The van der Waals surface area contributed by atoms with Crippen LogP contribution in [0.4, 0.5) is 13.2 Å². The number of ketones is 1. The Hall–Kier alpha value is -2.15. The fourth-order valence-electron chi connectivity index (χ4n) is 3.05. The van der Waals surface area contributed by atoms with Crippen LogP contribution in [0, 0.1) is 5.92 Å². The van der Waals surface area contributed by atoms with Gasteiger partial charge in [0.15, 0.2) is 5.78 Å². The molecule has 1 saturated heterocycles. The van der Waals surface area contributed by atoms with Crippen molar-refractivity contribution < 1.29 is 22.5 Å². The molecule has 4 nitrogen and oxygen atoms in total. The van der Waals surface area contributed by atoms with E-state index in [1.807, 2.05) is 0 Å². The maximum atomic E-state index is 12.8. The molecule has 1 aliphatic rings. The predicted octanol–water partition coefficient (Wildman–Crippen LogP) is 3.79. The first-order chi connectivity index (χ1) is 11.4. The fraction of sp³-hybridized carbons (Fsp3) is 0.412. The number of carbonyl (C=O) groups excluding carboxylic acids is 1. The zero-order valence-corrected chi connectivity index (χ0v) is 12.9. The van der Waals surface area contributed by atoms with Crippen molar-refractivity contribution in [1.82, 2.24) is 10.1 Å². The number of halogens is 3. The minimum absolute atomic E-state index is 0.123. The molecule has 0 amide bonds. The highest BCUT2D eigenvalue weighted by Crippen LogP contribution is 2.30. The monoisotopic (exact) mass is 338 g/mol. The molecule has 2 aromatic rings. The molecule has 1 aliphatic heterocycles. The Morgan fingerprint density at radius 1 is 1.33 bits per heavy atom. The summed E-state index contributed by atoms with van der Waals surface area (Å²) in [6.07, 6.45) is -1.44. The third-order valence-electron chi connectivity index (χ3n) is 4.23. The van der Waals surface area contributed by atoms with Crippen LogP contribution in [-0.2, 0) is 12.7 Å². The molecule has 0 bridgehead atoms. The van der Waals surface area contributed by atoms with Crippen molar-refractivity contribution in [2.45, 2.75) is 25.6 Å². The van der Waals surface area contributed by atoms with E-state index in [4.69, 9.17) is 4.52 Å². The van der Waals surface area contributed by atoms with Crippen LogP contribution >= 0.6 is 0 Å². The van der Waals surface area contributed by atoms with Gasteiger partial charge in [-0.05, 0) is 31.5 Å². The Kier molecular flexibility index (Phi) is 4.71. The van der Waals surface area contributed by atoms with Gasteiger partial charge in [-0.15, -0.1) is 0 Å². The molecule has 2 heterocycles. The number of nitrogens with zero attached hydrogens (tertiary/aromatic N) is 2. The number of rotatable bonds is 4. The van der Waals surface area contributed by atoms with Crippen molar-refractivity contribution in [2.75, 3.05) is 13.1 Å². The minimum atomic E-state index is -4.44. The standard InChI is InChI=1S/C17H17F3N2O2/c18-17(19,20)14-5-1-3-12(9-14)16(23)13-4-2-7-22(10-13)11-15-6-8-24-21-15/h1,3,5-6,8-9,13H,2,4,7,10-11H2. The van der Waals surface area contributed by atoms with E-state index in [9.17, 15) is 18.0 Å². The summed E-state index contributed by atoms with van der Waals surface area (Å²) in [5.74, 6) is -0.528. The third-order valence-corrected chi connectivity index (χ3v) is 4.23. The Morgan fingerprint density at radius 2 is 2.17 bits per heavy atom. The summed E-state index contributed by atoms with van der Waals surface area (Å²) in [5, 5.41) is 3.85. The van der Waals surface area contributed by atoms with Crippen LogP contribution in [0.2, 0.25) is 0 Å². The average Bonchev–Trinajstić information content (AvgIpc) is 3.07. The fourth-order valence-corrected chi connectivity index (χ4v) is 3.05. The van der Waals surface area contributed by atoms with Crippen molar-refractivity contribution >= 4 is 5.78 Å². The van der Waals surface area contributed by atoms with E-state index in [2.05, 4.69) is 10.1 Å². The smallest absolute Gasteiger partial charge is 0.364 e. The molecule has 1 atom stereocenters. The van der Waals surface area contributed by atoms with Crippen molar-refractivity contribution in [1.29, 1.82) is 0 Å². The molecule has 0 radical (unpaired) electrons. The van der Waals surface area contributed by atoms with E-state index in [-0.39, 0.29) is 17.3 Å². The van der Waals surface area contributed by atoms with Crippen LogP contribution in [0.1, 0.15) is 34.5 Å². The summed E-state index contributed by atoms with van der Waals surface area (Å²) in [6.45, 7) is 1.92. The molecule has 0 aliphatic carbocycles. The highest BCUT2D eigenvalue weighted by atomic mass is 19.4. The molecular weight excluding hydrogens is 321 g/mol. The molecule has 1 aromatic heterocycles. The van der Waals surface area contributed by atoms with Gasteiger partial charge in [-0.1, -0.05) is 17.3 Å². The van der Waals surface area contributed by atoms with Crippen LogP contribution in [0.5, 0.6) is 0 Å². The third kappa shape index (κ3) is 3.84. The lowest BCUT2D eigenvalue weighted by Crippen LogP contribution is -2.38. The number of piperidine rings is 1. The van der Waals surface area contributed by atoms with Crippen LogP contribution < -0.4 is 0 Å². The number of likely N-dealkylation sites (tertiary alicyclic amines) is 1. The molecule has 0 saturated carbocycles. The second-order valence-electron chi connectivity index (χ2n) is 6.01. The summed E-state index contributed by atoms with van der Waals surface area (Å²) < 4.78 is 43.2. The molecule has 0 N–H and O–H groups in total.